The van der Waals surface area contributed by atoms with Crippen molar-refractivity contribution in [1.29, 1.82) is 0 Å². The van der Waals surface area contributed by atoms with Gasteiger partial charge in [-0.3, -0.25) is 4.90 Å². The molecule has 2 aliphatic rings. The van der Waals surface area contributed by atoms with Crippen LogP contribution in [0.15, 0.2) is 12.4 Å². The van der Waals surface area contributed by atoms with Crippen LogP contribution < -0.4 is 0 Å². The first kappa shape index (κ1) is 12.2. The van der Waals surface area contributed by atoms with Gasteiger partial charge >= 0.3 is 0 Å². The van der Waals surface area contributed by atoms with Crippen LogP contribution in [0.3, 0.4) is 0 Å². The summed E-state index contributed by atoms with van der Waals surface area (Å²) in [5.74, 6) is 0.823. The summed E-state index contributed by atoms with van der Waals surface area (Å²) in [4.78, 5) is 6.89. The molecule has 0 amide bonds. The summed E-state index contributed by atoms with van der Waals surface area (Å²) in [7, 11) is 1.97. The molecule has 1 aliphatic carbocycles. The molecule has 1 aromatic rings. The minimum Gasteiger partial charge on any atom is -0.383 e. The predicted octanol–water partition coefficient (Wildman–Crippen LogP) is 1.86. The number of hydrogen-bond acceptors (Lipinski definition) is 3. The van der Waals surface area contributed by atoms with Crippen LogP contribution in [0.1, 0.15) is 50.5 Å². The normalized spacial score (nSPS) is 25.7. The number of imidazole rings is 1. The Bertz CT molecular complexity index is 403. The molecule has 0 bridgehead atoms. The largest absolute Gasteiger partial charge is 0.383 e. The van der Waals surface area contributed by atoms with Gasteiger partial charge in [0.2, 0.25) is 0 Å². The van der Waals surface area contributed by atoms with Crippen molar-refractivity contribution in [2.24, 2.45) is 7.05 Å². The molecule has 0 aromatic carbocycles. The lowest BCUT2D eigenvalue weighted by Gasteiger charge is -2.42. The molecule has 1 aromatic heterocycles. The molecule has 1 saturated heterocycles. The van der Waals surface area contributed by atoms with E-state index < -0.39 is 6.10 Å². The van der Waals surface area contributed by atoms with E-state index in [1.54, 1.807) is 6.20 Å². The molecule has 3 rings (SSSR count). The molecule has 1 saturated carbocycles. The standard InChI is InChI=1S/C14H23N3O/c1-16-11-8-15-13(16)12(18)14(6-2-3-7-14)17-9-4-5-10-17/h8,11-12,18H,2-7,9-10H2,1H3. The third-order valence-electron chi connectivity index (χ3n) is 4.82. The first-order valence-electron chi connectivity index (χ1n) is 7.14. The Labute approximate surface area is 109 Å². The number of aliphatic hydroxyl groups is 1. The monoisotopic (exact) mass is 249 g/mol. The van der Waals surface area contributed by atoms with Crippen LogP contribution in [0.5, 0.6) is 0 Å². The molecular formula is C14H23N3O. The number of hydrogen-bond donors (Lipinski definition) is 1. The molecular weight excluding hydrogens is 226 g/mol. The molecule has 1 N–H and O–H groups in total. The van der Waals surface area contributed by atoms with Crippen molar-refractivity contribution in [3.63, 3.8) is 0 Å². The predicted molar refractivity (Wildman–Crippen MR) is 70.2 cm³/mol. The van der Waals surface area contributed by atoms with Crippen LogP contribution in [0, 0.1) is 0 Å². The van der Waals surface area contributed by atoms with Gasteiger partial charge in [-0.15, -0.1) is 0 Å². The molecule has 2 heterocycles. The molecule has 4 nitrogen and oxygen atoms in total. The topological polar surface area (TPSA) is 41.3 Å². The van der Waals surface area contributed by atoms with Gasteiger partial charge in [-0.1, -0.05) is 12.8 Å². The van der Waals surface area contributed by atoms with Crippen molar-refractivity contribution in [1.82, 2.24) is 14.5 Å². The van der Waals surface area contributed by atoms with Gasteiger partial charge in [0.15, 0.2) is 0 Å². The Hall–Kier alpha value is -0.870. The zero-order chi connectivity index (χ0) is 12.6. The summed E-state index contributed by atoms with van der Waals surface area (Å²) in [5, 5.41) is 10.9. The highest BCUT2D eigenvalue weighted by Gasteiger charge is 2.47. The van der Waals surface area contributed by atoms with Gasteiger partial charge in [0.05, 0.1) is 5.54 Å². The molecule has 1 unspecified atom stereocenters. The van der Waals surface area contributed by atoms with Crippen LogP contribution in [0.2, 0.25) is 0 Å². The van der Waals surface area contributed by atoms with Gasteiger partial charge in [0.25, 0.3) is 0 Å². The Morgan fingerprint density at radius 3 is 2.44 bits per heavy atom. The summed E-state index contributed by atoms with van der Waals surface area (Å²) in [5.41, 5.74) is -0.0460. The number of nitrogens with zero attached hydrogens (tertiary/aromatic N) is 3. The zero-order valence-corrected chi connectivity index (χ0v) is 11.2. The van der Waals surface area contributed by atoms with Crippen molar-refractivity contribution in [3.05, 3.63) is 18.2 Å². The van der Waals surface area contributed by atoms with E-state index in [1.807, 2.05) is 17.8 Å². The lowest BCUT2D eigenvalue weighted by atomic mass is 9.87. The molecule has 0 radical (unpaired) electrons. The summed E-state index contributed by atoms with van der Waals surface area (Å²) in [6, 6.07) is 0. The number of aliphatic hydroxyl groups excluding tert-OH is 1. The Balaban J connectivity index is 1.91. The second-order valence-corrected chi connectivity index (χ2v) is 5.80. The van der Waals surface area contributed by atoms with E-state index in [2.05, 4.69) is 9.88 Å². The van der Waals surface area contributed by atoms with E-state index >= 15 is 0 Å². The van der Waals surface area contributed by atoms with Crippen molar-refractivity contribution in [2.75, 3.05) is 13.1 Å². The molecule has 2 fully saturated rings. The van der Waals surface area contributed by atoms with Gasteiger partial charge < -0.3 is 9.67 Å². The maximum Gasteiger partial charge on any atom is 0.139 e. The Morgan fingerprint density at radius 1 is 1.22 bits per heavy atom. The van der Waals surface area contributed by atoms with E-state index in [0.29, 0.717) is 0 Å². The molecule has 18 heavy (non-hydrogen) atoms. The third-order valence-corrected chi connectivity index (χ3v) is 4.82. The van der Waals surface area contributed by atoms with Crippen LogP contribution in [-0.4, -0.2) is 38.2 Å². The minimum atomic E-state index is -0.446. The van der Waals surface area contributed by atoms with Crippen LogP contribution in [-0.2, 0) is 7.05 Å². The Morgan fingerprint density at radius 2 is 1.89 bits per heavy atom. The lowest BCUT2D eigenvalue weighted by molar-refractivity contribution is -0.0256. The quantitative estimate of drug-likeness (QED) is 0.889. The SMILES string of the molecule is Cn1ccnc1C(O)C1(N2CCCC2)CCCC1. The summed E-state index contributed by atoms with van der Waals surface area (Å²) in [6.45, 7) is 2.28. The number of likely N-dealkylation sites (tertiary alicyclic amines) is 1. The van der Waals surface area contributed by atoms with Crippen molar-refractivity contribution >= 4 is 0 Å². The van der Waals surface area contributed by atoms with E-state index in [-0.39, 0.29) is 5.54 Å². The average Bonchev–Trinajstić information content (AvgIpc) is 3.10. The summed E-state index contributed by atoms with van der Waals surface area (Å²) < 4.78 is 1.96. The zero-order valence-electron chi connectivity index (χ0n) is 11.2. The minimum absolute atomic E-state index is 0.0460. The molecule has 0 spiro atoms. The Kier molecular flexibility index (Phi) is 3.16. The lowest BCUT2D eigenvalue weighted by Crippen LogP contribution is -2.50. The second-order valence-electron chi connectivity index (χ2n) is 5.80. The first-order chi connectivity index (χ1) is 8.74. The fourth-order valence-electron chi connectivity index (χ4n) is 3.79. The fraction of sp³-hybridized carbons (Fsp3) is 0.786. The second kappa shape index (κ2) is 4.67. The number of aryl methyl sites for hydroxylation is 1. The van der Waals surface area contributed by atoms with Crippen LogP contribution in [0.4, 0.5) is 0 Å². The van der Waals surface area contributed by atoms with E-state index in [9.17, 15) is 5.11 Å². The van der Waals surface area contributed by atoms with E-state index in [4.69, 9.17) is 0 Å². The number of rotatable bonds is 3. The van der Waals surface area contributed by atoms with Crippen molar-refractivity contribution in [2.45, 2.75) is 50.2 Å². The highest BCUT2D eigenvalue weighted by Crippen LogP contribution is 2.45. The van der Waals surface area contributed by atoms with Gasteiger partial charge in [0, 0.05) is 19.4 Å². The highest BCUT2D eigenvalue weighted by molar-refractivity contribution is 5.10. The van der Waals surface area contributed by atoms with Crippen LogP contribution >= 0.6 is 0 Å². The van der Waals surface area contributed by atoms with Gasteiger partial charge in [-0.05, 0) is 38.8 Å². The average molecular weight is 249 g/mol. The fourth-order valence-corrected chi connectivity index (χ4v) is 3.79. The maximum absolute atomic E-state index is 10.9. The third kappa shape index (κ3) is 1.79. The van der Waals surface area contributed by atoms with Crippen molar-refractivity contribution < 1.29 is 5.11 Å². The molecule has 100 valence electrons. The molecule has 1 atom stereocenters. The maximum atomic E-state index is 10.9. The molecule has 4 heteroatoms. The molecule has 1 aliphatic heterocycles. The smallest absolute Gasteiger partial charge is 0.139 e. The van der Waals surface area contributed by atoms with Crippen molar-refractivity contribution in [3.8, 4) is 0 Å². The summed E-state index contributed by atoms with van der Waals surface area (Å²) in [6.07, 6.45) is 10.5. The first-order valence-corrected chi connectivity index (χ1v) is 7.14. The van der Waals surface area contributed by atoms with Gasteiger partial charge in [0.1, 0.15) is 11.9 Å². The van der Waals surface area contributed by atoms with E-state index in [1.165, 1.54) is 25.7 Å². The van der Waals surface area contributed by atoms with Crippen LogP contribution in [0.25, 0.3) is 0 Å². The number of aromatic nitrogens is 2. The van der Waals surface area contributed by atoms with E-state index in [0.717, 1.165) is 31.8 Å². The highest BCUT2D eigenvalue weighted by atomic mass is 16.3. The summed E-state index contributed by atoms with van der Waals surface area (Å²) >= 11 is 0. The van der Waals surface area contributed by atoms with Gasteiger partial charge in [-0.2, -0.15) is 0 Å². The van der Waals surface area contributed by atoms with Gasteiger partial charge in [-0.25, -0.2) is 4.98 Å².